The molecule has 1 aromatic heterocycles. The fourth-order valence-electron chi connectivity index (χ4n) is 1.90. The molecule has 1 aromatic carbocycles. The predicted molar refractivity (Wildman–Crippen MR) is 91.8 cm³/mol. The highest BCUT2D eigenvalue weighted by atomic mass is 79.9. The first kappa shape index (κ1) is 16.8. The van der Waals surface area contributed by atoms with Crippen LogP contribution in [0.5, 0.6) is 0 Å². The molecule has 8 heteroatoms. The summed E-state index contributed by atoms with van der Waals surface area (Å²) in [6, 6.07) is 4.90. The number of sulfonamides is 1. The molecular weight excluding hydrogens is 396 g/mol. The summed E-state index contributed by atoms with van der Waals surface area (Å²) in [6.07, 6.45) is 0. The van der Waals surface area contributed by atoms with Gasteiger partial charge in [-0.15, -0.1) is 11.3 Å². The Morgan fingerprint density at radius 3 is 2.71 bits per heavy atom. The molecule has 2 rings (SSSR count). The summed E-state index contributed by atoms with van der Waals surface area (Å²) in [5, 5.41) is 5.36. The van der Waals surface area contributed by atoms with Gasteiger partial charge in [0.05, 0.1) is 10.7 Å². The molecule has 0 saturated heterocycles. The summed E-state index contributed by atoms with van der Waals surface area (Å²) >= 11 is 10.6. The van der Waals surface area contributed by atoms with Gasteiger partial charge in [0, 0.05) is 15.9 Å². The number of thiophene rings is 1. The Labute approximate surface area is 141 Å². The van der Waals surface area contributed by atoms with Crippen LogP contribution in [0.1, 0.15) is 10.4 Å². The monoisotopic (exact) mass is 408 g/mol. The highest BCUT2D eigenvalue weighted by Crippen LogP contribution is 2.30. The molecule has 0 bridgehead atoms. The van der Waals surface area contributed by atoms with Crippen LogP contribution >= 0.6 is 38.9 Å². The van der Waals surface area contributed by atoms with Gasteiger partial charge in [-0.25, -0.2) is 8.42 Å². The SMILES string of the molecule is CNCc1scc(C)c1S(=O)(=O)Nc1ccc(Cl)c(Br)c1. The van der Waals surface area contributed by atoms with Crippen LogP contribution in [0.4, 0.5) is 5.69 Å². The first-order valence-corrected chi connectivity index (χ1v) is 9.58. The molecule has 0 spiro atoms. The van der Waals surface area contributed by atoms with E-state index in [-0.39, 0.29) is 0 Å². The predicted octanol–water partition coefficient (Wildman–Crippen LogP) is 3.99. The number of halogens is 2. The Morgan fingerprint density at radius 1 is 1.38 bits per heavy atom. The van der Waals surface area contributed by atoms with Gasteiger partial charge in [-0.05, 0) is 59.0 Å². The summed E-state index contributed by atoms with van der Waals surface area (Å²) in [4.78, 5) is 1.13. The molecule has 1 heterocycles. The van der Waals surface area contributed by atoms with Crippen LogP contribution in [0.25, 0.3) is 0 Å². The van der Waals surface area contributed by atoms with Crippen LogP contribution in [-0.4, -0.2) is 15.5 Å². The largest absolute Gasteiger partial charge is 0.315 e. The minimum absolute atomic E-state index is 0.341. The minimum Gasteiger partial charge on any atom is -0.315 e. The van der Waals surface area contributed by atoms with Gasteiger partial charge in [0.2, 0.25) is 0 Å². The van der Waals surface area contributed by atoms with E-state index in [1.165, 1.54) is 11.3 Å². The van der Waals surface area contributed by atoms with Crippen LogP contribution in [0.2, 0.25) is 5.02 Å². The summed E-state index contributed by atoms with van der Waals surface area (Å²) in [6.45, 7) is 2.31. The third-order valence-electron chi connectivity index (χ3n) is 2.77. The topological polar surface area (TPSA) is 58.2 Å². The van der Waals surface area contributed by atoms with Crippen LogP contribution < -0.4 is 10.0 Å². The molecule has 0 aliphatic heterocycles. The first-order chi connectivity index (χ1) is 9.85. The molecule has 21 heavy (non-hydrogen) atoms. The van der Waals surface area contributed by atoms with E-state index in [0.717, 1.165) is 10.4 Å². The molecule has 0 amide bonds. The highest BCUT2D eigenvalue weighted by Gasteiger charge is 2.23. The van der Waals surface area contributed by atoms with Gasteiger partial charge in [-0.2, -0.15) is 0 Å². The average molecular weight is 410 g/mol. The smallest absolute Gasteiger partial charge is 0.263 e. The number of anilines is 1. The molecule has 0 atom stereocenters. The lowest BCUT2D eigenvalue weighted by molar-refractivity contribution is 0.599. The number of nitrogens with one attached hydrogen (secondary N) is 2. The van der Waals surface area contributed by atoms with E-state index < -0.39 is 10.0 Å². The van der Waals surface area contributed by atoms with Crippen molar-refractivity contribution in [2.24, 2.45) is 0 Å². The molecule has 0 unspecified atom stereocenters. The van der Waals surface area contributed by atoms with Crippen molar-refractivity contribution in [1.82, 2.24) is 5.32 Å². The number of hydrogen-bond acceptors (Lipinski definition) is 4. The van der Waals surface area contributed by atoms with Crippen molar-refractivity contribution in [2.75, 3.05) is 11.8 Å². The lowest BCUT2D eigenvalue weighted by atomic mass is 10.3. The number of benzene rings is 1. The number of hydrogen-bond donors (Lipinski definition) is 2. The van der Waals surface area contributed by atoms with E-state index in [1.807, 2.05) is 5.38 Å². The summed E-state index contributed by atoms with van der Waals surface area (Å²) in [5.41, 5.74) is 1.21. The second kappa shape index (κ2) is 6.66. The van der Waals surface area contributed by atoms with E-state index in [9.17, 15) is 8.42 Å². The number of rotatable bonds is 5. The zero-order chi connectivity index (χ0) is 15.6. The lowest BCUT2D eigenvalue weighted by Gasteiger charge is -2.11. The molecule has 0 aliphatic rings. The molecule has 0 aliphatic carbocycles. The van der Waals surface area contributed by atoms with Crippen molar-refractivity contribution in [3.63, 3.8) is 0 Å². The van der Waals surface area contributed by atoms with Gasteiger partial charge in [0.15, 0.2) is 0 Å². The average Bonchev–Trinajstić information content (AvgIpc) is 2.76. The van der Waals surface area contributed by atoms with E-state index in [4.69, 9.17) is 11.6 Å². The van der Waals surface area contributed by atoms with Gasteiger partial charge < -0.3 is 5.32 Å². The summed E-state index contributed by atoms with van der Waals surface area (Å²) in [7, 11) is -1.84. The second-order valence-electron chi connectivity index (χ2n) is 4.44. The van der Waals surface area contributed by atoms with Gasteiger partial charge in [0.1, 0.15) is 4.90 Å². The molecule has 4 nitrogen and oxygen atoms in total. The van der Waals surface area contributed by atoms with Gasteiger partial charge in [-0.1, -0.05) is 11.6 Å². The van der Waals surface area contributed by atoms with Crippen molar-refractivity contribution in [3.05, 3.63) is 43.5 Å². The quantitative estimate of drug-likeness (QED) is 0.785. The van der Waals surface area contributed by atoms with Gasteiger partial charge in [0.25, 0.3) is 10.0 Å². The van der Waals surface area contributed by atoms with Gasteiger partial charge >= 0.3 is 0 Å². The summed E-state index contributed by atoms with van der Waals surface area (Å²) in [5.74, 6) is 0. The van der Waals surface area contributed by atoms with Crippen molar-refractivity contribution in [1.29, 1.82) is 0 Å². The lowest BCUT2D eigenvalue weighted by Crippen LogP contribution is -2.16. The van der Waals surface area contributed by atoms with Crippen molar-refractivity contribution < 1.29 is 8.42 Å². The molecule has 2 aromatic rings. The Bertz CT molecular complexity index is 760. The maximum atomic E-state index is 12.6. The maximum absolute atomic E-state index is 12.6. The van der Waals surface area contributed by atoms with Crippen molar-refractivity contribution >= 4 is 54.6 Å². The normalized spacial score (nSPS) is 11.6. The Hall–Kier alpha value is -0.600. The fourth-order valence-corrected chi connectivity index (χ4v) is 5.27. The van der Waals surface area contributed by atoms with Gasteiger partial charge in [-0.3, -0.25) is 4.72 Å². The zero-order valence-corrected chi connectivity index (χ0v) is 15.4. The Morgan fingerprint density at radius 2 is 2.10 bits per heavy atom. The molecule has 2 N–H and O–H groups in total. The second-order valence-corrected chi connectivity index (χ2v) is 8.28. The van der Waals surface area contributed by atoms with Crippen LogP contribution in [0, 0.1) is 6.92 Å². The Balaban J connectivity index is 2.38. The van der Waals surface area contributed by atoms with Crippen molar-refractivity contribution in [3.8, 4) is 0 Å². The zero-order valence-electron chi connectivity index (χ0n) is 11.4. The first-order valence-electron chi connectivity index (χ1n) is 6.04. The van der Waals surface area contributed by atoms with Crippen LogP contribution in [0.3, 0.4) is 0 Å². The van der Waals surface area contributed by atoms with E-state index in [0.29, 0.717) is 26.6 Å². The highest BCUT2D eigenvalue weighted by molar-refractivity contribution is 9.10. The van der Waals surface area contributed by atoms with Crippen LogP contribution in [0.15, 0.2) is 32.9 Å². The minimum atomic E-state index is -3.63. The Kier molecular flexibility index (Phi) is 5.32. The molecule has 114 valence electrons. The maximum Gasteiger partial charge on any atom is 0.263 e. The van der Waals surface area contributed by atoms with Crippen molar-refractivity contribution in [2.45, 2.75) is 18.4 Å². The third-order valence-corrected chi connectivity index (χ3v) is 6.83. The van der Waals surface area contributed by atoms with Crippen LogP contribution in [-0.2, 0) is 16.6 Å². The summed E-state index contributed by atoms with van der Waals surface area (Å²) < 4.78 is 28.4. The molecule has 0 saturated carbocycles. The molecular formula is C13H14BrClN2O2S2. The molecule has 0 fully saturated rings. The number of aryl methyl sites for hydroxylation is 1. The standard InChI is InChI=1S/C13H14BrClN2O2S2/c1-8-7-20-12(6-16-2)13(8)21(18,19)17-9-3-4-11(15)10(14)5-9/h3-5,7,16-17H,6H2,1-2H3. The molecule has 0 radical (unpaired) electrons. The van der Waals surface area contributed by atoms with E-state index >= 15 is 0 Å². The van der Waals surface area contributed by atoms with E-state index in [1.54, 1.807) is 32.2 Å². The third kappa shape index (κ3) is 3.78. The fraction of sp³-hybridized carbons (Fsp3) is 0.231. The van der Waals surface area contributed by atoms with E-state index in [2.05, 4.69) is 26.0 Å².